The van der Waals surface area contributed by atoms with E-state index in [0.29, 0.717) is 45.2 Å². The summed E-state index contributed by atoms with van der Waals surface area (Å²) in [5, 5.41) is 0. The van der Waals surface area contributed by atoms with E-state index in [0.717, 1.165) is 18.1 Å². The molecule has 0 N–H and O–H groups in total. The number of nitrogens with zero attached hydrogens (tertiary/aromatic N) is 6. The molecular formula is C17H21FN6O2. The quantitative estimate of drug-likeness (QED) is 0.806. The number of rotatable bonds is 3. The normalized spacial score (nSPS) is 20.2. The Bertz CT molecular complexity index is 787. The summed E-state index contributed by atoms with van der Waals surface area (Å²) in [7, 11) is 0. The molecule has 2 aliphatic rings. The highest BCUT2D eigenvalue weighted by atomic mass is 19.1. The van der Waals surface area contributed by atoms with Crippen LogP contribution in [0.2, 0.25) is 0 Å². The Kier molecular flexibility index (Phi) is 4.54. The van der Waals surface area contributed by atoms with Crippen molar-refractivity contribution in [2.45, 2.75) is 25.9 Å². The first-order valence-corrected chi connectivity index (χ1v) is 8.77. The van der Waals surface area contributed by atoms with Crippen LogP contribution in [0.25, 0.3) is 0 Å². The highest BCUT2D eigenvalue weighted by Gasteiger charge is 2.29. The molecule has 0 spiro atoms. The average Bonchev–Trinajstić information content (AvgIpc) is 3.07. The van der Waals surface area contributed by atoms with Crippen molar-refractivity contribution in [3.05, 3.63) is 35.9 Å². The van der Waals surface area contributed by atoms with E-state index < -0.39 is 5.82 Å². The lowest BCUT2D eigenvalue weighted by molar-refractivity contribution is -0.134. The Morgan fingerprint density at radius 2 is 1.96 bits per heavy atom. The molecule has 0 radical (unpaired) electrons. The Morgan fingerprint density at radius 1 is 1.23 bits per heavy atom. The second-order valence-electron chi connectivity index (χ2n) is 6.52. The third kappa shape index (κ3) is 3.26. The summed E-state index contributed by atoms with van der Waals surface area (Å²) in [5.41, 5.74) is 0.769. The number of amides is 1. The van der Waals surface area contributed by atoms with Crippen LogP contribution >= 0.6 is 0 Å². The van der Waals surface area contributed by atoms with E-state index in [1.165, 1.54) is 12.4 Å². The van der Waals surface area contributed by atoms with Gasteiger partial charge in [0.2, 0.25) is 11.9 Å². The van der Waals surface area contributed by atoms with Gasteiger partial charge in [-0.2, -0.15) is 0 Å². The van der Waals surface area contributed by atoms with Crippen LogP contribution < -0.4 is 4.90 Å². The molecule has 0 aromatic carbocycles. The van der Waals surface area contributed by atoms with Crippen LogP contribution in [0.5, 0.6) is 0 Å². The van der Waals surface area contributed by atoms with E-state index in [2.05, 4.69) is 19.5 Å². The summed E-state index contributed by atoms with van der Waals surface area (Å²) < 4.78 is 20.4. The largest absolute Gasteiger partial charge is 0.378 e. The van der Waals surface area contributed by atoms with Gasteiger partial charge >= 0.3 is 0 Å². The third-order valence-corrected chi connectivity index (χ3v) is 4.84. The number of fused-ring (bicyclic) bond motifs is 1. The summed E-state index contributed by atoms with van der Waals surface area (Å²) in [6.45, 7) is 5.89. The number of hydrogen-bond donors (Lipinski definition) is 0. The van der Waals surface area contributed by atoms with Gasteiger partial charge in [0, 0.05) is 32.4 Å². The molecule has 9 heteroatoms. The number of halogens is 1. The molecule has 0 saturated carbocycles. The molecular weight excluding hydrogens is 339 g/mol. The van der Waals surface area contributed by atoms with E-state index in [1.54, 1.807) is 0 Å². The van der Waals surface area contributed by atoms with Gasteiger partial charge in [0.25, 0.3) is 0 Å². The van der Waals surface area contributed by atoms with Gasteiger partial charge in [-0.15, -0.1) is 0 Å². The van der Waals surface area contributed by atoms with E-state index in [-0.39, 0.29) is 11.9 Å². The number of morpholine rings is 1. The number of aromatic nitrogens is 4. The van der Waals surface area contributed by atoms with Crippen molar-refractivity contribution in [3.63, 3.8) is 0 Å². The fraction of sp³-hybridized carbons (Fsp3) is 0.529. The lowest BCUT2D eigenvalue weighted by Crippen LogP contribution is -2.41. The summed E-state index contributed by atoms with van der Waals surface area (Å²) in [6, 6.07) is -0.0542. The molecule has 0 aliphatic carbocycles. The second-order valence-corrected chi connectivity index (χ2v) is 6.52. The molecule has 4 rings (SSSR count). The molecule has 138 valence electrons. The van der Waals surface area contributed by atoms with Crippen molar-refractivity contribution >= 4 is 11.9 Å². The lowest BCUT2D eigenvalue weighted by Gasteiger charge is -2.33. The molecule has 1 saturated heterocycles. The van der Waals surface area contributed by atoms with Gasteiger partial charge in [-0.3, -0.25) is 4.79 Å². The maximum atomic E-state index is 13.1. The summed E-state index contributed by atoms with van der Waals surface area (Å²) >= 11 is 0. The topological polar surface area (TPSA) is 76.4 Å². The van der Waals surface area contributed by atoms with Gasteiger partial charge < -0.3 is 19.1 Å². The predicted octanol–water partition coefficient (Wildman–Crippen LogP) is 0.795. The minimum Gasteiger partial charge on any atom is -0.378 e. The van der Waals surface area contributed by atoms with Crippen LogP contribution in [0.4, 0.5) is 10.3 Å². The molecule has 2 aliphatic heterocycles. The molecule has 2 aromatic heterocycles. The van der Waals surface area contributed by atoms with Crippen molar-refractivity contribution in [2.24, 2.45) is 0 Å². The van der Waals surface area contributed by atoms with Crippen LogP contribution in [0.3, 0.4) is 0 Å². The van der Waals surface area contributed by atoms with E-state index in [1.807, 2.05) is 22.9 Å². The molecule has 1 atom stereocenters. The molecule has 1 amide bonds. The predicted molar refractivity (Wildman–Crippen MR) is 91.1 cm³/mol. The highest BCUT2D eigenvalue weighted by molar-refractivity contribution is 5.78. The fourth-order valence-corrected chi connectivity index (χ4v) is 3.44. The molecule has 0 bridgehead atoms. The maximum absolute atomic E-state index is 13.1. The van der Waals surface area contributed by atoms with Crippen molar-refractivity contribution < 1.29 is 13.9 Å². The SMILES string of the molecule is CC1c2nc(CC(=O)N3CCOCC3)cn2CCN1c1ncc(F)cn1. The van der Waals surface area contributed by atoms with Gasteiger partial charge in [0.05, 0.1) is 43.8 Å². The monoisotopic (exact) mass is 360 g/mol. The van der Waals surface area contributed by atoms with Gasteiger partial charge in [-0.05, 0) is 6.92 Å². The number of carbonyl (C=O) groups excluding carboxylic acids is 1. The first-order chi connectivity index (χ1) is 12.6. The van der Waals surface area contributed by atoms with E-state index >= 15 is 0 Å². The zero-order chi connectivity index (χ0) is 18.1. The standard InChI is InChI=1S/C17H21FN6O2/c1-12-16-21-14(8-15(25)22-4-6-26-7-5-22)11-23(16)2-3-24(12)17-19-9-13(18)10-20-17/h9-12H,2-8H2,1H3. The van der Waals surface area contributed by atoms with Crippen LogP contribution in [0, 0.1) is 5.82 Å². The first kappa shape index (κ1) is 16.9. The van der Waals surface area contributed by atoms with Crippen molar-refractivity contribution in [2.75, 3.05) is 37.7 Å². The average molecular weight is 360 g/mol. The number of anilines is 1. The lowest BCUT2D eigenvalue weighted by atomic mass is 10.2. The van der Waals surface area contributed by atoms with Crippen LogP contribution in [-0.4, -0.2) is 63.2 Å². The van der Waals surface area contributed by atoms with Crippen molar-refractivity contribution in [1.29, 1.82) is 0 Å². The van der Waals surface area contributed by atoms with E-state index in [9.17, 15) is 9.18 Å². The summed E-state index contributed by atoms with van der Waals surface area (Å²) in [4.78, 5) is 29.1. The van der Waals surface area contributed by atoms with Gasteiger partial charge in [0.15, 0.2) is 5.82 Å². The molecule has 8 nitrogen and oxygen atoms in total. The second kappa shape index (κ2) is 6.99. The zero-order valence-electron chi connectivity index (χ0n) is 14.6. The molecule has 1 fully saturated rings. The minimum atomic E-state index is -0.455. The zero-order valence-corrected chi connectivity index (χ0v) is 14.6. The summed E-state index contributed by atoms with van der Waals surface area (Å²) in [5.74, 6) is 0.979. The number of imidazole rings is 1. The highest BCUT2D eigenvalue weighted by Crippen LogP contribution is 2.27. The smallest absolute Gasteiger partial charge is 0.228 e. The van der Waals surface area contributed by atoms with Crippen LogP contribution in [0.15, 0.2) is 18.6 Å². The fourth-order valence-electron chi connectivity index (χ4n) is 3.44. The first-order valence-electron chi connectivity index (χ1n) is 8.77. The molecule has 1 unspecified atom stereocenters. The number of ether oxygens (including phenoxy) is 1. The molecule has 26 heavy (non-hydrogen) atoms. The Labute approximate surface area is 150 Å². The third-order valence-electron chi connectivity index (χ3n) is 4.84. The molecule has 2 aromatic rings. The maximum Gasteiger partial charge on any atom is 0.228 e. The summed E-state index contributed by atoms with van der Waals surface area (Å²) in [6.07, 6.45) is 4.58. The number of hydrogen-bond acceptors (Lipinski definition) is 6. The Hall–Kier alpha value is -2.55. The van der Waals surface area contributed by atoms with Crippen LogP contribution in [-0.2, 0) is 22.5 Å². The molecule has 4 heterocycles. The van der Waals surface area contributed by atoms with Crippen molar-refractivity contribution in [3.8, 4) is 0 Å². The van der Waals surface area contributed by atoms with E-state index in [4.69, 9.17) is 4.74 Å². The number of carbonyl (C=O) groups is 1. The van der Waals surface area contributed by atoms with Crippen molar-refractivity contribution in [1.82, 2.24) is 24.4 Å². The minimum absolute atomic E-state index is 0.0542. The van der Waals surface area contributed by atoms with Gasteiger partial charge in [-0.1, -0.05) is 0 Å². The van der Waals surface area contributed by atoms with Crippen LogP contribution in [0.1, 0.15) is 24.5 Å². The Morgan fingerprint density at radius 3 is 2.69 bits per heavy atom. The Balaban J connectivity index is 1.49. The van der Waals surface area contributed by atoms with Gasteiger partial charge in [0.1, 0.15) is 5.82 Å². The van der Waals surface area contributed by atoms with Gasteiger partial charge in [-0.25, -0.2) is 19.3 Å².